The molecule has 0 saturated heterocycles. The molecule has 2 N–H and O–H groups in total. The maximum absolute atomic E-state index is 11.7. The molecule has 0 bridgehead atoms. The largest absolute Gasteiger partial charge is 0.476 e. The summed E-state index contributed by atoms with van der Waals surface area (Å²) in [5.74, 6) is -1.35. The van der Waals surface area contributed by atoms with E-state index in [1.807, 2.05) is 20.8 Å². The molecule has 1 aromatic rings. The summed E-state index contributed by atoms with van der Waals surface area (Å²) in [7, 11) is 0. The number of nitrogens with one attached hydrogen (secondary N) is 1. The van der Waals surface area contributed by atoms with E-state index in [4.69, 9.17) is 5.11 Å². The van der Waals surface area contributed by atoms with Crippen molar-refractivity contribution >= 4 is 11.9 Å². The van der Waals surface area contributed by atoms with E-state index in [0.29, 0.717) is 12.1 Å². The quantitative estimate of drug-likeness (QED) is 0.813. The summed E-state index contributed by atoms with van der Waals surface area (Å²) in [6.45, 7) is 7.38. The van der Waals surface area contributed by atoms with Crippen LogP contribution in [0.25, 0.3) is 0 Å². The topological polar surface area (TPSA) is 97.1 Å². The SMILES string of the molecule is CCc1c(C(=O)O)nnn1CC(=O)NC(C)(C)C. The Hall–Kier alpha value is -1.92. The number of nitrogens with zero attached hydrogens (tertiary/aromatic N) is 3. The van der Waals surface area contributed by atoms with Gasteiger partial charge in [-0.05, 0) is 27.2 Å². The lowest BCUT2D eigenvalue weighted by molar-refractivity contribution is -0.123. The molecule has 18 heavy (non-hydrogen) atoms. The highest BCUT2D eigenvalue weighted by Gasteiger charge is 2.20. The van der Waals surface area contributed by atoms with Crippen LogP contribution in [-0.2, 0) is 17.8 Å². The normalized spacial score (nSPS) is 11.3. The molecular formula is C11H18N4O3. The van der Waals surface area contributed by atoms with Crippen LogP contribution in [0.5, 0.6) is 0 Å². The molecule has 0 spiro atoms. The van der Waals surface area contributed by atoms with Crippen molar-refractivity contribution < 1.29 is 14.7 Å². The lowest BCUT2D eigenvalue weighted by Gasteiger charge is -2.20. The highest BCUT2D eigenvalue weighted by atomic mass is 16.4. The monoisotopic (exact) mass is 254 g/mol. The van der Waals surface area contributed by atoms with E-state index in [0.717, 1.165) is 0 Å². The van der Waals surface area contributed by atoms with Gasteiger partial charge in [0.25, 0.3) is 0 Å². The van der Waals surface area contributed by atoms with Crippen LogP contribution in [0.4, 0.5) is 0 Å². The van der Waals surface area contributed by atoms with Gasteiger partial charge in [-0.25, -0.2) is 9.48 Å². The Morgan fingerprint density at radius 2 is 2.00 bits per heavy atom. The van der Waals surface area contributed by atoms with Gasteiger partial charge in [0, 0.05) is 5.54 Å². The van der Waals surface area contributed by atoms with Gasteiger partial charge in [0.1, 0.15) is 6.54 Å². The first-order chi connectivity index (χ1) is 8.24. The number of aromatic carboxylic acids is 1. The molecule has 0 saturated carbocycles. The first-order valence-corrected chi connectivity index (χ1v) is 5.71. The molecule has 1 aromatic heterocycles. The zero-order chi connectivity index (χ0) is 13.9. The number of rotatable bonds is 4. The number of aromatic nitrogens is 3. The Morgan fingerprint density at radius 1 is 1.39 bits per heavy atom. The number of carbonyl (C=O) groups excluding carboxylic acids is 1. The lowest BCUT2D eigenvalue weighted by atomic mass is 10.1. The molecule has 1 amide bonds. The van der Waals surface area contributed by atoms with Crippen LogP contribution in [-0.4, -0.2) is 37.5 Å². The summed E-state index contributed by atoms with van der Waals surface area (Å²) < 4.78 is 1.32. The Bertz CT molecular complexity index is 459. The van der Waals surface area contributed by atoms with Crippen molar-refractivity contribution in [2.75, 3.05) is 0 Å². The van der Waals surface area contributed by atoms with E-state index in [1.165, 1.54) is 4.68 Å². The minimum atomic E-state index is -1.13. The van der Waals surface area contributed by atoms with Crippen LogP contribution in [0.15, 0.2) is 0 Å². The van der Waals surface area contributed by atoms with E-state index in [9.17, 15) is 9.59 Å². The summed E-state index contributed by atoms with van der Waals surface area (Å²) >= 11 is 0. The summed E-state index contributed by atoms with van der Waals surface area (Å²) in [5.41, 5.74) is 0.0206. The van der Waals surface area contributed by atoms with Gasteiger partial charge in [-0.1, -0.05) is 12.1 Å². The number of hydrogen-bond acceptors (Lipinski definition) is 4. The highest BCUT2D eigenvalue weighted by Crippen LogP contribution is 2.07. The van der Waals surface area contributed by atoms with Gasteiger partial charge in [0.15, 0.2) is 5.69 Å². The van der Waals surface area contributed by atoms with Gasteiger partial charge in [0.05, 0.1) is 5.69 Å². The number of carboxylic acid groups (broad SMARTS) is 1. The maximum atomic E-state index is 11.7. The molecule has 0 radical (unpaired) electrons. The first kappa shape index (κ1) is 14.1. The molecule has 1 rings (SSSR count). The predicted octanol–water partition coefficient (Wildman–Crippen LogP) is 0.453. The Morgan fingerprint density at radius 3 is 2.44 bits per heavy atom. The van der Waals surface area contributed by atoms with Gasteiger partial charge in [-0.15, -0.1) is 5.10 Å². The third-order valence-corrected chi connectivity index (χ3v) is 2.18. The second-order valence-electron chi connectivity index (χ2n) is 5.00. The van der Waals surface area contributed by atoms with Crippen molar-refractivity contribution in [3.63, 3.8) is 0 Å². The maximum Gasteiger partial charge on any atom is 0.358 e. The van der Waals surface area contributed by atoms with Gasteiger partial charge in [0.2, 0.25) is 5.91 Å². The van der Waals surface area contributed by atoms with Gasteiger partial charge in [-0.2, -0.15) is 0 Å². The third kappa shape index (κ3) is 3.54. The smallest absolute Gasteiger partial charge is 0.358 e. The van der Waals surface area contributed by atoms with Crippen molar-refractivity contribution in [3.8, 4) is 0 Å². The van der Waals surface area contributed by atoms with E-state index in [1.54, 1.807) is 6.92 Å². The van der Waals surface area contributed by atoms with Crippen molar-refractivity contribution in [1.29, 1.82) is 0 Å². The van der Waals surface area contributed by atoms with E-state index in [2.05, 4.69) is 15.6 Å². The zero-order valence-corrected chi connectivity index (χ0v) is 11.0. The number of carbonyl (C=O) groups is 2. The summed E-state index contributed by atoms with van der Waals surface area (Å²) in [5, 5.41) is 19.0. The van der Waals surface area contributed by atoms with Crippen LogP contribution < -0.4 is 5.32 Å². The molecule has 0 aliphatic heterocycles. The Kier molecular flexibility index (Phi) is 4.05. The van der Waals surface area contributed by atoms with Crippen LogP contribution in [0.2, 0.25) is 0 Å². The van der Waals surface area contributed by atoms with Crippen molar-refractivity contribution in [2.45, 2.75) is 46.2 Å². The zero-order valence-electron chi connectivity index (χ0n) is 11.0. The fraction of sp³-hybridized carbons (Fsp3) is 0.636. The van der Waals surface area contributed by atoms with E-state index >= 15 is 0 Å². The second kappa shape index (κ2) is 5.16. The molecular weight excluding hydrogens is 236 g/mol. The number of amides is 1. The van der Waals surface area contributed by atoms with Crippen molar-refractivity contribution in [3.05, 3.63) is 11.4 Å². The third-order valence-electron chi connectivity index (χ3n) is 2.18. The van der Waals surface area contributed by atoms with Crippen molar-refractivity contribution in [2.24, 2.45) is 0 Å². The minimum absolute atomic E-state index is 0.0271. The average Bonchev–Trinajstić information content (AvgIpc) is 2.57. The molecule has 0 aliphatic carbocycles. The molecule has 7 heteroatoms. The van der Waals surface area contributed by atoms with Gasteiger partial charge < -0.3 is 10.4 Å². The minimum Gasteiger partial charge on any atom is -0.476 e. The summed E-state index contributed by atoms with van der Waals surface area (Å²) in [6.07, 6.45) is 0.456. The van der Waals surface area contributed by atoms with Crippen LogP contribution in [0.1, 0.15) is 43.9 Å². The van der Waals surface area contributed by atoms with Crippen LogP contribution in [0, 0.1) is 0 Å². The highest BCUT2D eigenvalue weighted by molar-refractivity contribution is 5.86. The number of hydrogen-bond donors (Lipinski definition) is 2. The summed E-state index contributed by atoms with van der Waals surface area (Å²) in [4.78, 5) is 22.6. The average molecular weight is 254 g/mol. The standard InChI is InChI=1S/C11H18N4O3/c1-5-7-9(10(17)18)13-14-15(7)6-8(16)12-11(2,3)4/h5-6H2,1-4H3,(H,12,16)(H,17,18). The molecule has 0 aromatic carbocycles. The Balaban J connectivity index is 2.85. The van der Waals surface area contributed by atoms with E-state index in [-0.39, 0.29) is 23.7 Å². The Labute approximate surface area is 105 Å². The molecule has 0 fully saturated rings. The van der Waals surface area contributed by atoms with Crippen molar-refractivity contribution in [1.82, 2.24) is 20.3 Å². The van der Waals surface area contributed by atoms with E-state index < -0.39 is 5.97 Å². The van der Waals surface area contributed by atoms with Crippen LogP contribution >= 0.6 is 0 Å². The first-order valence-electron chi connectivity index (χ1n) is 5.71. The second-order valence-corrected chi connectivity index (χ2v) is 5.00. The van der Waals surface area contributed by atoms with Gasteiger partial charge in [-0.3, -0.25) is 4.79 Å². The molecule has 100 valence electrons. The fourth-order valence-electron chi connectivity index (χ4n) is 1.57. The number of carboxylic acids is 1. The molecule has 0 aliphatic rings. The fourth-order valence-corrected chi connectivity index (χ4v) is 1.57. The molecule has 0 atom stereocenters. The lowest BCUT2D eigenvalue weighted by Crippen LogP contribution is -2.42. The van der Waals surface area contributed by atoms with Crippen LogP contribution in [0.3, 0.4) is 0 Å². The summed E-state index contributed by atoms with van der Waals surface area (Å²) in [6, 6.07) is 0. The molecule has 1 heterocycles. The molecule has 7 nitrogen and oxygen atoms in total. The molecule has 0 unspecified atom stereocenters. The van der Waals surface area contributed by atoms with Gasteiger partial charge >= 0.3 is 5.97 Å². The predicted molar refractivity (Wildman–Crippen MR) is 64.3 cm³/mol.